The number of likely N-dealkylation sites (tertiary alicyclic amines) is 1. The van der Waals surface area contributed by atoms with Crippen LogP contribution in [0, 0.1) is 5.41 Å². The summed E-state index contributed by atoms with van der Waals surface area (Å²) in [5.74, 6) is 0.133. The highest BCUT2D eigenvalue weighted by Crippen LogP contribution is 2.30. The molecule has 0 radical (unpaired) electrons. The molecule has 1 saturated heterocycles. The molecule has 1 fully saturated rings. The Hall–Kier alpha value is -0.610. The van der Waals surface area contributed by atoms with E-state index in [0.717, 1.165) is 13.0 Å². The molecule has 14 heavy (non-hydrogen) atoms. The minimum absolute atomic E-state index is 0.112. The monoisotopic (exact) mass is 200 g/mol. The van der Waals surface area contributed by atoms with Crippen molar-refractivity contribution in [2.24, 2.45) is 11.1 Å². The van der Waals surface area contributed by atoms with Gasteiger partial charge < -0.3 is 15.7 Å². The Bertz CT molecular complexity index is 216. The molecule has 3 N–H and O–H groups in total. The Balaban J connectivity index is 2.46. The zero-order valence-corrected chi connectivity index (χ0v) is 8.99. The summed E-state index contributed by atoms with van der Waals surface area (Å²) in [7, 11) is 0. The first kappa shape index (κ1) is 11.5. The first-order valence-electron chi connectivity index (χ1n) is 5.10. The van der Waals surface area contributed by atoms with Gasteiger partial charge in [0.05, 0.1) is 6.10 Å². The molecular weight excluding hydrogens is 180 g/mol. The van der Waals surface area contributed by atoms with E-state index in [1.807, 2.05) is 0 Å². The molecule has 4 nitrogen and oxygen atoms in total. The molecule has 0 unspecified atom stereocenters. The molecule has 1 atom stereocenters. The highest BCUT2D eigenvalue weighted by molar-refractivity contribution is 5.77. The topological polar surface area (TPSA) is 66.6 Å². The maximum atomic E-state index is 11.6. The van der Waals surface area contributed by atoms with Crippen LogP contribution in [0.4, 0.5) is 0 Å². The standard InChI is InChI=1S/C10H20N2O2/c1-10(2)3-4-12(9(14)5-10)7-8(13)6-11/h8,13H,3-7,11H2,1-2H3/t8-/m0/s1. The van der Waals surface area contributed by atoms with E-state index in [1.54, 1.807) is 4.90 Å². The van der Waals surface area contributed by atoms with E-state index in [2.05, 4.69) is 13.8 Å². The minimum Gasteiger partial charge on any atom is -0.390 e. The summed E-state index contributed by atoms with van der Waals surface area (Å²) >= 11 is 0. The lowest BCUT2D eigenvalue weighted by atomic mass is 9.82. The average Bonchev–Trinajstić information content (AvgIpc) is 2.09. The van der Waals surface area contributed by atoms with Crippen molar-refractivity contribution in [2.75, 3.05) is 19.6 Å². The molecular formula is C10H20N2O2. The number of aliphatic hydroxyl groups excluding tert-OH is 1. The number of amides is 1. The second-order valence-corrected chi connectivity index (χ2v) is 4.82. The van der Waals surface area contributed by atoms with Gasteiger partial charge in [-0.05, 0) is 11.8 Å². The molecule has 0 aromatic rings. The Kier molecular flexibility index (Phi) is 3.50. The summed E-state index contributed by atoms with van der Waals surface area (Å²) in [5.41, 5.74) is 5.41. The highest BCUT2D eigenvalue weighted by Gasteiger charge is 2.31. The average molecular weight is 200 g/mol. The van der Waals surface area contributed by atoms with Crippen LogP contribution in [-0.2, 0) is 4.79 Å². The molecule has 0 bridgehead atoms. The molecule has 1 amide bonds. The molecule has 0 saturated carbocycles. The number of aliphatic hydroxyl groups is 1. The van der Waals surface area contributed by atoms with Crippen LogP contribution in [0.15, 0.2) is 0 Å². The van der Waals surface area contributed by atoms with Crippen molar-refractivity contribution in [1.29, 1.82) is 0 Å². The van der Waals surface area contributed by atoms with Crippen LogP contribution in [0.25, 0.3) is 0 Å². The van der Waals surface area contributed by atoms with E-state index in [9.17, 15) is 9.90 Å². The van der Waals surface area contributed by atoms with Crippen LogP contribution in [0.2, 0.25) is 0 Å². The van der Waals surface area contributed by atoms with Gasteiger partial charge in [-0.15, -0.1) is 0 Å². The Morgan fingerprint density at radius 2 is 2.29 bits per heavy atom. The Morgan fingerprint density at radius 3 is 2.79 bits per heavy atom. The molecule has 0 aliphatic carbocycles. The quantitative estimate of drug-likeness (QED) is 0.671. The summed E-state index contributed by atoms with van der Waals surface area (Å²) in [5, 5.41) is 9.34. The SMILES string of the molecule is CC1(C)CCN(C[C@@H](O)CN)C(=O)C1. The normalized spacial score (nSPS) is 23.7. The van der Waals surface area contributed by atoms with Crippen LogP contribution in [-0.4, -0.2) is 41.7 Å². The summed E-state index contributed by atoms with van der Waals surface area (Å²) in [6, 6.07) is 0. The van der Waals surface area contributed by atoms with Gasteiger partial charge in [-0.3, -0.25) is 4.79 Å². The number of nitrogens with two attached hydrogens (primary N) is 1. The van der Waals surface area contributed by atoms with Crippen molar-refractivity contribution in [1.82, 2.24) is 4.90 Å². The molecule has 1 aliphatic heterocycles. The molecule has 0 spiro atoms. The van der Waals surface area contributed by atoms with Crippen LogP contribution >= 0.6 is 0 Å². The van der Waals surface area contributed by atoms with Crippen LogP contribution in [0.5, 0.6) is 0 Å². The zero-order valence-electron chi connectivity index (χ0n) is 8.99. The van der Waals surface area contributed by atoms with Gasteiger partial charge in [0.15, 0.2) is 0 Å². The van der Waals surface area contributed by atoms with Gasteiger partial charge in [0.1, 0.15) is 0 Å². The lowest BCUT2D eigenvalue weighted by Crippen LogP contribution is -2.46. The number of β-amino-alcohol motifs (C(OH)–C–C–N with tert-alkyl or cyclic N) is 1. The summed E-state index contributed by atoms with van der Waals surface area (Å²) < 4.78 is 0. The Labute approximate surface area is 85.1 Å². The predicted molar refractivity (Wildman–Crippen MR) is 54.7 cm³/mol. The van der Waals surface area contributed by atoms with Crippen LogP contribution in [0.1, 0.15) is 26.7 Å². The summed E-state index contributed by atoms with van der Waals surface area (Å²) in [6.07, 6.45) is 0.987. The smallest absolute Gasteiger partial charge is 0.223 e. The second kappa shape index (κ2) is 4.28. The van der Waals surface area contributed by atoms with Gasteiger partial charge in [-0.25, -0.2) is 0 Å². The highest BCUT2D eigenvalue weighted by atomic mass is 16.3. The van der Waals surface area contributed by atoms with Crippen LogP contribution < -0.4 is 5.73 Å². The number of piperidine rings is 1. The number of hydrogen-bond acceptors (Lipinski definition) is 3. The van der Waals surface area contributed by atoms with Gasteiger partial charge in [-0.2, -0.15) is 0 Å². The van der Waals surface area contributed by atoms with E-state index in [-0.39, 0.29) is 17.9 Å². The largest absolute Gasteiger partial charge is 0.390 e. The van der Waals surface area contributed by atoms with Crippen LogP contribution in [0.3, 0.4) is 0 Å². The predicted octanol–water partition coefficient (Wildman–Crippen LogP) is -0.0454. The van der Waals surface area contributed by atoms with Gasteiger partial charge in [0, 0.05) is 26.1 Å². The number of rotatable bonds is 3. The molecule has 1 heterocycles. The van der Waals surface area contributed by atoms with E-state index < -0.39 is 6.10 Å². The lowest BCUT2D eigenvalue weighted by Gasteiger charge is -2.37. The maximum Gasteiger partial charge on any atom is 0.223 e. The second-order valence-electron chi connectivity index (χ2n) is 4.82. The molecule has 0 aromatic heterocycles. The third-order valence-corrected chi connectivity index (χ3v) is 2.74. The van der Waals surface area contributed by atoms with Crippen molar-refractivity contribution >= 4 is 5.91 Å². The molecule has 1 rings (SSSR count). The third-order valence-electron chi connectivity index (χ3n) is 2.74. The number of carbonyl (C=O) groups is 1. The fourth-order valence-corrected chi connectivity index (χ4v) is 1.69. The van der Waals surface area contributed by atoms with Gasteiger partial charge in [-0.1, -0.05) is 13.8 Å². The lowest BCUT2D eigenvalue weighted by molar-refractivity contribution is -0.138. The zero-order chi connectivity index (χ0) is 10.8. The number of hydrogen-bond donors (Lipinski definition) is 2. The molecule has 4 heteroatoms. The van der Waals surface area contributed by atoms with Crippen molar-refractivity contribution in [3.8, 4) is 0 Å². The number of carbonyl (C=O) groups excluding carboxylic acids is 1. The fraction of sp³-hybridized carbons (Fsp3) is 0.900. The maximum absolute atomic E-state index is 11.6. The van der Waals surface area contributed by atoms with Crippen molar-refractivity contribution in [2.45, 2.75) is 32.8 Å². The Morgan fingerprint density at radius 1 is 1.64 bits per heavy atom. The van der Waals surface area contributed by atoms with Gasteiger partial charge >= 0.3 is 0 Å². The van der Waals surface area contributed by atoms with Gasteiger partial charge in [0.25, 0.3) is 0 Å². The van der Waals surface area contributed by atoms with E-state index in [4.69, 9.17) is 5.73 Å². The first-order valence-corrected chi connectivity index (χ1v) is 5.10. The molecule has 1 aliphatic rings. The third kappa shape index (κ3) is 2.96. The van der Waals surface area contributed by atoms with E-state index in [0.29, 0.717) is 13.0 Å². The summed E-state index contributed by atoms with van der Waals surface area (Å²) in [4.78, 5) is 13.3. The van der Waals surface area contributed by atoms with Crippen molar-refractivity contribution in [3.05, 3.63) is 0 Å². The van der Waals surface area contributed by atoms with Gasteiger partial charge in [0.2, 0.25) is 5.91 Å². The van der Waals surface area contributed by atoms with E-state index in [1.165, 1.54) is 0 Å². The first-order chi connectivity index (χ1) is 6.44. The number of nitrogens with zero attached hydrogens (tertiary/aromatic N) is 1. The molecule has 0 aromatic carbocycles. The van der Waals surface area contributed by atoms with Crippen molar-refractivity contribution in [3.63, 3.8) is 0 Å². The van der Waals surface area contributed by atoms with E-state index >= 15 is 0 Å². The fourth-order valence-electron chi connectivity index (χ4n) is 1.69. The summed E-state index contributed by atoms with van der Waals surface area (Å²) in [6.45, 7) is 5.53. The molecule has 82 valence electrons. The minimum atomic E-state index is -0.583. The van der Waals surface area contributed by atoms with Crippen molar-refractivity contribution < 1.29 is 9.90 Å².